The molecular weight excluding hydrogens is 176 g/mol. The summed E-state index contributed by atoms with van der Waals surface area (Å²) >= 11 is 0. The molecule has 0 atom stereocenters. The van der Waals surface area contributed by atoms with Crippen molar-refractivity contribution < 1.29 is 9.53 Å². The van der Waals surface area contributed by atoms with Crippen molar-refractivity contribution in [3.63, 3.8) is 0 Å². The molecule has 1 aromatic carbocycles. The summed E-state index contributed by atoms with van der Waals surface area (Å²) in [6, 6.07) is 5.73. The van der Waals surface area contributed by atoms with Crippen molar-refractivity contribution in [2.24, 2.45) is 0 Å². The van der Waals surface area contributed by atoms with Gasteiger partial charge in [0.25, 0.3) is 0 Å². The lowest BCUT2D eigenvalue weighted by molar-refractivity contribution is -0.107. The highest BCUT2D eigenvalue weighted by Crippen LogP contribution is 2.18. The number of carbonyl (C=O) groups excluding carboxylic acids is 1. The number of carbonyl (C=O) groups is 1. The Morgan fingerprint density at radius 2 is 2.29 bits per heavy atom. The fraction of sp³-hybridized carbons (Fsp3) is 0.250. The minimum Gasteiger partial charge on any atom is -0.496 e. The van der Waals surface area contributed by atoms with Gasteiger partial charge in [-0.05, 0) is 24.6 Å². The van der Waals surface area contributed by atoms with Gasteiger partial charge in [-0.1, -0.05) is 17.9 Å². The number of hydrogen-bond acceptors (Lipinski definition) is 2. The van der Waals surface area contributed by atoms with Gasteiger partial charge in [0.2, 0.25) is 0 Å². The maximum absolute atomic E-state index is 10.0. The number of rotatable bonds is 2. The zero-order chi connectivity index (χ0) is 10.4. The van der Waals surface area contributed by atoms with Crippen molar-refractivity contribution in [1.29, 1.82) is 0 Å². The third-order valence-corrected chi connectivity index (χ3v) is 1.83. The second kappa shape index (κ2) is 5.08. The second-order valence-electron chi connectivity index (χ2n) is 2.86. The summed E-state index contributed by atoms with van der Waals surface area (Å²) in [5.41, 5.74) is 1.95. The highest BCUT2D eigenvalue weighted by atomic mass is 16.5. The number of aryl methyl sites for hydroxylation is 1. The maximum atomic E-state index is 10.0. The Kier molecular flexibility index (Phi) is 3.75. The SMILES string of the molecule is COc1cc(C#CCC=O)ccc1C. The van der Waals surface area contributed by atoms with Gasteiger partial charge in [0.05, 0.1) is 13.5 Å². The first kappa shape index (κ1) is 10.3. The summed E-state index contributed by atoms with van der Waals surface area (Å²) in [5, 5.41) is 0. The van der Waals surface area contributed by atoms with Gasteiger partial charge in [-0.15, -0.1) is 0 Å². The normalized spacial score (nSPS) is 8.71. The average Bonchev–Trinajstić information content (AvgIpc) is 2.21. The summed E-state index contributed by atoms with van der Waals surface area (Å²) in [6.07, 6.45) is 1.06. The first-order valence-corrected chi connectivity index (χ1v) is 4.35. The van der Waals surface area contributed by atoms with E-state index >= 15 is 0 Å². The van der Waals surface area contributed by atoms with Gasteiger partial charge in [0.1, 0.15) is 12.0 Å². The highest BCUT2D eigenvalue weighted by molar-refractivity contribution is 5.55. The van der Waals surface area contributed by atoms with Crippen molar-refractivity contribution >= 4 is 6.29 Å². The first-order chi connectivity index (χ1) is 6.77. The molecule has 0 radical (unpaired) electrons. The zero-order valence-electron chi connectivity index (χ0n) is 8.33. The van der Waals surface area contributed by atoms with E-state index in [1.807, 2.05) is 25.1 Å². The molecule has 1 rings (SSSR count). The molecule has 0 heterocycles. The summed E-state index contributed by atoms with van der Waals surface area (Å²) < 4.78 is 5.15. The molecule has 0 fully saturated rings. The molecule has 0 N–H and O–H groups in total. The van der Waals surface area contributed by atoms with Crippen LogP contribution in [0.2, 0.25) is 0 Å². The van der Waals surface area contributed by atoms with Gasteiger partial charge in [-0.3, -0.25) is 0 Å². The second-order valence-corrected chi connectivity index (χ2v) is 2.86. The number of benzene rings is 1. The number of ether oxygens (including phenoxy) is 1. The Bertz CT molecular complexity index is 383. The van der Waals surface area contributed by atoms with Crippen LogP contribution >= 0.6 is 0 Å². The molecular formula is C12H12O2. The molecule has 0 saturated heterocycles. The summed E-state index contributed by atoms with van der Waals surface area (Å²) in [6.45, 7) is 1.97. The number of hydrogen-bond donors (Lipinski definition) is 0. The Hall–Kier alpha value is -1.75. The standard InChI is InChI=1S/C12H12O2/c1-10-6-7-11(5-3-4-8-13)9-12(10)14-2/h6-9H,4H2,1-2H3. The lowest BCUT2D eigenvalue weighted by Crippen LogP contribution is -1.87. The van der Waals surface area contributed by atoms with Gasteiger partial charge in [0, 0.05) is 5.56 Å². The molecule has 0 unspecified atom stereocenters. The quantitative estimate of drug-likeness (QED) is 0.523. The smallest absolute Gasteiger partial charge is 0.131 e. The van der Waals surface area contributed by atoms with Crippen LogP contribution in [0.15, 0.2) is 18.2 Å². The summed E-state index contributed by atoms with van der Waals surface area (Å²) in [5.74, 6) is 6.46. The van der Waals surface area contributed by atoms with Gasteiger partial charge < -0.3 is 9.53 Å². The van der Waals surface area contributed by atoms with Crippen LogP contribution in [-0.4, -0.2) is 13.4 Å². The predicted molar refractivity (Wildman–Crippen MR) is 55.3 cm³/mol. The van der Waals surface area contributed by atoms with E-state index in [2.05, 4.69) is 11.8 Å². The van der Waals surface area contributed by atoms with Gasteiger partial charge in [-0.2, -0.15) is 0 Å². The van der Waals surface area contributed by atoms with E-state index in [0.29, 0.717) is 0 Å². The lowest BCUT2D eigenvalue weighted by atomic mass is 10.1. The molecule has 72 valence electrons. The van der Waals surface area contributed by atoms with Crippen molar-refractivity contribution in [3.05, 3.63) is 29.3 Å². The van der Waals surface area contributed by atoms with E-state index in [-0.39, 0.29) is 6.42 Å². The molecule has 0 saturated carbocycles. The molecule has 0 bridgehead atoms. The predicted octanol–water partition coefficient (Wildman–Crippen LogP) is 1.94. The van der Waals surface area contributed by atoms with Crippen LogP contribution < -0.4 is 4.74 Å². The zero-order valence-corrected chi connectivity index (χ0v) is 8.33. The minimum atomic E-state index is 0.274. The third kappa shape index (κ3) is 2.63. The first-order valence-electron chi connectivity index (χ1n) is 4.35. The van der Waals surface area contributed by atoms with Gasteiger partial charge >= 0.3 is 0 Å². The molecule has 0 aliphatic heterocycles. The Morgan fingerprint density at radius 1 is 1.50 bits per heavy atom. The molecule has 0 amide bonds. The van der Waals surface area contributed by atoms with E-state index in [0.717, 1.165) is 23.2 Å². The molecule has 2 heteroatoms. The van der Waals surface area contributed by atoms with Crippen molar-refractivity contribution in [2.45, 2.75) is 13.3 Å². The largest absolute Gasteiger partial charge is 0.496 e. The van der Waals surface area contributed by atoms with Crippen molar-refractivity contribution in [3.8, 4) is 17.6 Å². The molecule has 0 aliphatic rings. The Labute approximate surface area is 83.9 Å². The van der Waals surface area contributed by atoms with Crippen LogP contribution in [0, 0.1) is 18.8 Å². The van der Waals surface area contributed by atoms with Crippen LogP contribution in [0.5, 0.6) is 5.75 Å². The Morgan fingerprint density at radius 3 is 2.93 bits per heavy atom. The van der Waals surface area contributed by atoms with E-state index in [9.17, 15) is 4.79 Å². The van der Waals surface area contributed by atoms with Crippen LogP contribution in [0.1, 0.15) is 17.5 Å². The van der Waals surface area contributed by atoms with E-state index < -0.39 is 0 Å². The van der Waals surface area contributed by atoms with Gasteiger partial charge in [-0.25, -0.2) is 0 Å². The summed E-state index contributed by atoms with van der Waals surface area (Å²) in [4.78, 5) is 10.0. The fourth-order valence-corrected chi connectivity index (χ4v) is 1.09. The van der Waals surface area contributed by atoms with Crippen LogP contribution in [0.4, 0.5) is 0 Å². The van der Waals surface area contributed by atoms with E-state index in [1.54, 1.807) is 7.11 Å². The van der Waals surface area contributed by atoms with Gasteiger partial charge in [0.15, 0.2) is 0 Å². The number of aldehydes is 1. The lowest BCUT2D eigenvalue weighted by Gasteiger charge is -2.03. The topological polar surface area (TPSA) is 26.3 Å². The molecule has 0 aromatic heterocycles. The molecule has 0 aliphatic carbocycles. The summed E-state index contributed by atoms with van der Waals surface area (Å²) in [7, 11) is 1.63. The molecule has 14 heavy (non-hydrogen) atoms. The molecule has 1 aromatic rings. The van der Waals surface area contributed by atoms with E-state index in [1.165, 1.54) is 0 Å². The fourth-order valence-electron chi connectivity index (χ4n) is 1.09. The average molecular weight is 188 g/mol. The third-order valence-electron chi connectivity index (χ3n) is 1.83. The van der Waals surface area contributed by atoms with Crippen LogP contribution in [-0.2, 0) is 4.79 Å². The van der Waals surface area contributed by atoms with E-state index in [4.69, 9.17) is 4.74 Å². The molecule has 0 spiro atoms. The minimum absolute atomic E-state index is 0.274. The van der Waals surface area contributed by atoms with Crippen LogP contribution in [0.3, 0.4) is 0 Å². The van der Waals surface area contributed by atoms with Crippen molar-refractivity contribution in [2.75, 3.05) is 7.11 Å². The van der Waals surface area contributed by atoms with Crippen molar-refractivity contribution in [1.82, 2.24) is 0 Å². The maximum Gasteiger partial charge on any atom is 0.131 e. The monoisotopic (exact) mass is 188 g/mol. The number of methoxy groups -OCH3 is 1. The Balaban J connectivity index is 2.91. The van der Waals surface area contributed by atoms with Crippen LogP contribution in [0.25, 0.3) is 0 Å². The highest BCUT2D eigenvalue weighted by Gasteiger charge is 1.97. The molecule has 2 nitrogen and oxygen atoms in total.